The normalized spacial score (nSPS) is 28.1. The van der Waals surface area contributed by atoms with E-state index < -0.39 is 0 Å². The lowest BCUT2D eigenvalue weighted by molar-refractivity contribution is 0.354. The van der Waals surface area contributed by atoms with E-state index >= 15 is 0 Å². The second-order valence-corrected chi connectivity index (χ2v) is 4.46. The molecule has 2 N–H and O–H groups in total. The molecule has 1 aliphatic rings. The van der Waals surface area contributed by atoms with E-state index in [2.05, 4.69) is 34.3 Å². The molecule has 3 unspecified atom stereocenters. The van der Waals surface area contributed by atoms with Gasteiger partial charge in [-0.2, -0.15) is 5.10 Å². The quantitative estimate of drug-likeness (QED) is 0.796. The first-order chi connectivity index (χ1) is 7.31. The molecular formula is C11H20N4. The number of nitrogens with one attached hydrogen (secondary N) is 2. The Balaban J connectivity index is 1.91. The zero-order chi connectivity index (χ0) is 10.7. The highest BCUT2D eigenvalue weighted by atomic mass is 15.2. The van der Waals surface area contributed by atoms with E-state index in [4.69, 9.17) is 0 Å². The summed E-state index contributed by atoms with van der Waals surface area (Å²) in [6.45, 7) is 4.43. The van der Waals surface area contributed by atoms with Gasteiger partial charge in [-0.15, -0.1) is 0 Å². The topological polar surface area (TPSA) is 53.6 Å². The smallest absolute Gasteiger partial charge is 0.141 e. The van der Waals surface area contributed by atoms with Crippen molar-refractivity contribution in [3.05, 3.63) is 12.2 Å². The van der Waals surface area contributed by atoms with Gasteiger partial charge in [-0.25, -0.2) is 4.98 Å². The summed E-state index contributed by atoms with van der Waals surface area (Å²) in [5.74, 6) is 1.78. The van der Waals surface area contributed by atoms with Crippen LogP contribution in [0.5, 0.6) is 0 Å². The van der Waals surface area contributed by atoms with Gasteiger partial charge in [0, 0.05) is 6.04 Å². The predicted octanol–water partition coefficient (Wildman–Crippen LogP) is 2.03. The monoisotopic (exact) mass is 208 g/mol. The maximum absolute atomic E-state index is 4.18. The summed E-state index contributed by atoms with van der Waals surface area (Å²) in [5.41, 5.74) is 0. The lowest BCUT2D eigenvalue weighted by atomic mass is 10.00. The van der Waals surface area contributed by atoms with Crippen LogP contribution in [0.1, 0.15) is 51.4 Å². The Morgan fingerprint density at radius 2 is 2.47 bits per heavy atom. The SMILES string of the molecule is CCC1CCCC1NC(C)c1ncn[nH]1. The molecular weight excluding hydrogens is 188 g/mol. The fraction of sp³-hybridized carbons (Fsp3) is 0.818. The van der Waals surface area contributed by atoms with Crippen molar-refractivity contribution in [2.75, 3.05) is 0 Å². The molecule has 0 radical (unpaired) electrons. The highest BCUT2D eigenvalue weighted by molar-refractivity contribution is 4.93. The predicted molar refractivity (Wildman–Crippen MR) is 59.4 cm³/mol. The number of hydrogen-bond donors (Lipinski definition) is 2. The van der Waals surface area contributed by atoms with Crippen LogP contribution in [-0.2, 0) is 0 Å². The summed E-state index contributed by atoms with van der Waals surface area (Å²) in [4.78, 5) is 4.18. The minimum atomic E-state index is 0.282. The van der Waals surface area contributed by atoms with Crippen LogP contribution in [-0.4, -0.2) is 21.2 Å². The van der Waals surface area contributed by atoms with Crippen LogP contribution in [0.15, 0.2) is 6.33 Å². The Morgan fingerprint density at radius 1 is 1.60 bits per heavy atom. The standard InChI is InChI=1S/C11H20N4/c1-3-9-5-4-6-10(9)14-8(2)11-12-7-13-15-11/h7-10,14H,3-6H2,1-2H3,(H,12,13,15). The third-order valence-electron chi connectivity index (χ3n) is 3.49. The van der Waals surface area contributed by atoms with Crippen LogP contribution in [0.4, 0.5) is 0 Å². The number of H-pyrrole nitrogens is 1. The molecule has 3 atom stereocenters. The van der Waals surface area contributed by atoms with Gasteiger partial charge in [-0.1, -0.05) is 19.8 Å². The summed E-state index contributed by atoms with van der Waals surface area (Å²) in [6.07, 6.45) is 6.88. The van der Waals surface area contributed by atoms with Gasteiger partial charge in [0.1, 0.15) is 12.2 Å². The number of aromatic amines is 1. The first-order valence-electron chi connectivity index (χ1n) is 5.92. The molecule has 0 saturated heterocycles. The molecule has 0 amide bonds. The molecule has 1 heterocycles. The Labute approximate surface area is 90.9 Å². The van der Waals surface area contributed by atoms with Gasteiger partial charge in [0.05, 0.1) is 6.04 Å². The molecule has 4 heteroatoms. The molecule has 0 aromatic carbocycles. The molecule has 1 aliphatic carbocycles. The number of aromatic nitrogens is 3. The molecule has 1 saturated carbocycles. The van der Waals surface area contributed by atoms with Gasteiger partial charge in [0.2, 0.25) is 0 Å². The van der Waals surface area contributed by atoms with E-state index in [0.29, 0.717) is 6.04 Å². The van der Waals surface area contributed by atoms with Gasteiger partial charge in [-0.3, -0.25) is 5.10 Å². The van der Waals surface area contributed by atoms with Crippen LogP contribution >= 0.6 is 0 Å². The fourth-order valence-electron chi connectivity index (χ4n) is 2.57. The number of hydrogen-bond acceptors (Lipinski definition) is 3. The van der Waals surface area contributed by atoms with Gasteiger partial charge < -0.3 is 5.32 Å². The van der Waals surface area contributed by atoms with E-state index in [-0.39, 0.29) is 6.04 Å². The summed E-state index contributed by atoms with van der Waals surface area (Å²) < 4.78 is 0. The maximum Gasteiger partial charge on any atom is 0.141 e. The summed E-state index contributed by atoms with van der Waals surface area (Å²) in [5, 5.41) is 10.4. The number of nitrogens with zero attached hydrogens (tertiary/aromatic N) is 2. The minimum Gasteiger partial charge on any atom is -0.304 e. The van der Waals surface area contributed by atoms with Crippen molar-refractivity contribution in [2.45, 2.75) is 51.6 Å². The van der Waals surface area contributed by atoms with E-state index in [0.717, 1.165) is 11.7 Å². The lowest BCUT2D eigenvalue weighted by Gasteiger charge is -2.23. The zero-order valence-corrected chi connectivity index (χ0v) is 9.53. The van der Waals surface area contributed by atoms with E-state index in [1.54, 1.807) is 6.33 Å². The van der Waals surface area contributed by atoms with E-state index in [1.165, 1.54) is 25.7 Å². The average Bonchev–Trinajstić information content (AvgIpc) is 2.87. The Kier molecular flexibility index (Phi) is 3.36. The van der Waals surface area contributed by atoms with Gasteiger partial charge in [0.25, 0.3) is 0 Å². The van der Waals surface area contributed by atoms with Crippen LogP contribution in [0, 0.1) is 5.92 Å². The van der Waals surface area contributed by atoms with Crippen LogP contribution < -0.4 is 5.32 Å². The molecule has 84 valence electrons. The van der Waals surface area contributed by atoms with Crippen molar-refractivity contribution in [3.63, 3.8) is 0 Å². The molecule has 1 aromatic rings. The van der Waals surface area contributed by atoms with Crippen molar-refractivity contribution < 1.29 is 0 Å². The molecule has 0 spiro atoms. The Morgan fingerprint density at radius 3 is 3.13 bits per heavy atom. The maximum atomic E-state index is 4.18. The van der Waals surface area contributed by atoms with Crippen molar-refractivity contribution in [1.29, 1.82) is 0 Å². The van der Waals surface area contributed by atoms with Crippen LogP contribution in [0.2, 0.25) is 0 Å². The molecule has 0 bridgehead atoms. The van der Waals surface area contributed by atoms with Crippen molar-refractivity contribution in [3.8, 4) is 0 Å². The van der Waals surface area contributed by atoms with Gasteiger partial charge in [-0.05, 0) is 25.7 Å². The molecule has 1 fully saturated rings. The Hall–Kier alpha value is -0.900. The Bertz CT molecular complexity index is 283. The second-order valence-electron chi connectivity index (χ2n) is 4.46. The second kappa shape index (κ2) is 4.75. The van der Waals surface area contributed by atoms with Gasteiger partial charge in [0.15, 0.2) is 0 Å². The highest BCUT2D eigenvalue weighted by Gasteiger charge is 2.27. The van der Waals surface area contributed by atoms with Crippen LogP contribution in [0.3, 0.4) is 0 Å². The first-order valence-corrected chi connectivity index (χ1v) is 5.92. The first kappa shape index (κ1) is 10.6. The van der Waals surface area contributed by atoms with Crippen molar-refractivity contribution in [2.24, 2.45) is 5.92 Å². The number of rotatable bonds is 4. The van der Waals surface area contributed by atoms with Gasteiger partial charge >= 0.3 is 0 Å². The summed E-state index contributed by atoms with van der Waals surface area (Å²) >= 11 is 0. The fourth-order valence-corrected chi connectivity index (χ4v) is 2.57. The zero-order valence-electron chi connectivity index (χ0n) is 9.53. The third-order valence-corrected chi connectivity index (χ3v) is 3.49. The largest absolute Gasteiger partial charge is 0.304 e. The van der Waals surface area contributed by atoms with E-state index in [9.17, 15) is 0 Å². The molecule has 0 aliphatic heterocycles. The van der Waals surface area contributed by atoms with Crippen LogP contribution in [0.25, 0.3) is 0 Å². The molecule has 15 heavy (non-hydrogen) atoms. The third kappa shape index (κ3) is 2.37. The summed E-state index contributed by atoms with van der Waals surface area (Å²) in [7, 11) is 0. The average molecular weight is 208 g/mol. The molecule has 1 aromatic heterocycles. The minimum absolute atomic E-state index is 0.282. The highest BCUT2D eigenvalue weighted by Crippen LogP contribution is 2.29. The summed E-state index contributed by atoms with van der Waals surface area (Å²) in [6, 6.07) is 0.944. The lowest BCUT2D eigenvalue weighted by Crippen LogP contribution is -2.34. The van der Waals surface area contributed by atoms with Crippen molar-refractivity contribution in [1.82, 2.24) is 20.5 Å². The van der Waals surface area contributed by atoms with Crippen molar-refractivity contribution >= 4 is 0 Å². The van der Waals surface area contributed by atoms with E-state index in [1.807, 2.05) is 0 Å². The molecule has 2 rings (SSSR count). The molecule has 4 nitrogen and oxygen atoms in total.